The van der Waals surface area contributed by atoms with Gasteiger partial charge in [-0.2, -0.15) is 0 Å². The number of hydrogen-bond acceptors (Lipinski definition) is 25. The summed E-state index contributed by atoms with van der Waals surface area (Å²) in [4.78, 5) is 0. The normalized spacial score (nSPS) is 12.5. The second-order valence-electron chi connectivity index (χ2n) is 21.1. The highest BCUT2D eigenvalue weighted by molar-refractivity contribution is 5.19. The average molecular weight is 1290 g/mol. The van der Waals surface area contributed by atoms with Crippen LogP contribution >= 0.6 is 0 Å². The average Bonchev–Trinajstić information content (AvgIpc) is 3.72. The summed E-state index contributed by atoms with van der Waals surface area (Å²) in [6.45, 7) is 22.0. The van der Waals surface area contributed by atoms with E-state index in [1.54, 1.807) is 27.7 Å². The maximum Gasteiger partial charge on any atom is 0.0912 e. The quantitative estimate of drug-likeness (QED) is 0.0455. The summed E-state index contributed by atoms with van der Waals surface area (Å²) in [6.07, 6.45) is 8.95. The summed E-state index contributed by atoms with van der Waals surface area (Å²) in [6, 6.07) is 28.4. The minimum Gasteiger partial charge on any atom is -0.396 e. The van der Waals surface area contributed by atoms with Gasteiger partial charge in [0.2, 0.25) is 0 Å². The van der Waals surface area contributed by atoms with Crippen LogP contribution in [-0.2, 0) is 6.42 Å². The van der Waals surface area contributed by atoms with E-state index in [4.69, 9.17) is 130 Å². The molecule has 0 aliphatic heterocycles. The van der Waals surface area contributed by atoms with Crippen molar-refractivity contribution in [3.63, 3.8) is 0 Å². The molecule has 25 nitrogen and oxygen atoms in total. The summed E-state index contributed by atoms with van der Waals surface area (Å²) >= 11 is 0. The van der Waals surface area contributed by atoms with Crippen LogP contribution in [0.25, 0.3) is 0 Å². The van der Waals surface area contributed by atoms with Gasteiger partial charge in [-0.15, -0.1) is 0 Å². The fourth-order valence-corrected chi connectivity index (χ4v) is 4.19. The summed E-state index contributed by atoms with van der Waals surface area (Å²) in [5, 5.41) is 109. The van der Waals surface area contributed by atoms with Crippen molar-refractivity contribution >= 4 is 0 Å². The number of aliphatic hydroxyl groups is 13. The van der Waals surface area contributed by atoms with Gasteiger partial charge in [0.25, 0.3) is 0 Å². The molecule has 37 N–H and O–H groups in total. The molecule has 0 saturated heterocycles. The molecule has 3 aromatic rings. The molecule has 3 rings (SSSR count). The minimum absolute atomic E-state index is 0.00398. The fraction of sp³-hybridized carbons (Fsp3) is 0.719. The van der Waals surface area contributed by atoms with Gasteiger partial charge in [-0.25, -0.2) is 0 Å². The van der Waals surface area contributed by atoms with E-state index in [0.717, 1.165) is 56.1 Å². The van der Waals surface area contributed by atoms with Crippen LogP contribution in [-0.4, -0.2) is 213 Å². The molecule has 0 bridgehead atoms. The van der Waals surface area contributed by atoms with E-state index >= 15 is 0 Å². The predicted octanol–water partition coefficient (Wildman–Crippen LogP) is -0.402. The van der Waals surface area contributed by atoms with Crippen LogP contribution < -0.4 is 68.8 Å². The van der Waals surface area contributed by atoms with Crippen LogP contribution in [0.3, 0.4) is 0 Å². The Bertz CT molecular complexity index is 1530. The van der Waals surface area contributed by atoms with Gasteiger partial charge >= 0.3 is 0 Å². The molecular formula is C64H142N12O13. The van der Waals surface area contributed by atoms with E-state index in [1.165, 1.54) is 24.8 Å². The monoisotopic (exact) mass is 1290 g/mol. The Morgan fingerprint density at radius 3 is 1.01 bits per heavy atom. The van der Waals surface area contributed by atoms with Crippen molar-refractivity contribution in [2.75, 3.05) is 98.8 Å². The van der Waals surface area contributed by atoms with Crippen molar-refractivity contribution in [2.45, 2.75) is 194 Å². The number of benzene rings is 3. The van der Waals surface area contributed by atoms with Crippen molar-refractivity contribution in [2.24, 2.45) is 74.7 Å². The van der Waals surface area contributed by atoms with E-state index in [1.807, 2.05) is 112 Å². The molecule has 0 aliphatic carbocycles. The highest BCUT2D eigenvalue weighted by atomic mass is 16.3. The van der Waals surface area contributed by atoms with Gasteiger partial charge < -0.3 is 135 Å². The molecule has 0 fully saturated rings. The Morgan fingerprint density at radius 1 is 0.438 bits per heavy atom. The summed E-state index contributed by atoms with van der Waals surface area (Å²) in [5.41, 5.74) is 64.8. The molecule has 3 aromatic carbocycles. The lowest BCUT2D eigenvalue weighted by Gasteiger charge is -2.12. The lowest BCUT2D eigenvalue weighted by Crippen LogP contribution is -2.35. The van der Waals surface area contributed by atoms with Crippen LogP contribution in [0.4, 0.5) is 0 Å². The summed E-state index contributed by atoms with van der Waals surface area (Å²) < 4.78 is 0. The lowest BCUT2D eigenvalue weighted by atomic mass is 10.1. The fourth-order valence-electron chi connectivity index (χ4n) is 4.19. The molecule has 25 heteroatoms. The van der Waals surface area contributed by atoms with E-state index in [9.17, 15) is 5.11 Å². The third-order valence-electron chi connectivity index (χ3n) is 10.4. The summed E-state index contributed by atoms with van der Waals surface area (Å²) in [7, 11) is 0. The first-order valence-corrected chi connectivity index (χ1v) is 31.1. The van der Waals surface area contributed by atoms with Gasteiger partial charge in [0.15, 0.2) is 0 Å². The number of rotatable bonds is 26. The molecule has 8 unspecified atom stereocenters. The van der Waals surface area contributed by atoms with Crippen molar-refractivity contribution in [3.05, 3.63) is 108 Å². The number of hydrogen-bond donors (Lipinski definition) is 25. The Balaban J connectivity index is -0.0000000960. The highest BCUT2D eigenvalue weighted by Gasteiger charge is 2.06. The molecule has 89 heavy (non-hydrogen) atoms. The van der Waals surface area contributed by atoms with Gasteiger partial charge in [-0.3, -0.25) is 0 Å². The zero-order valence-electron chi connectivity index (χ0n) is 56.9. The maximum absolute atomic E-state index is 9.20. The smallest absolute Gasteiger partial charge is 0.0912 e. The zero-order valence-corrected chi connectivity index (χ0v) is 56.9. The molecule has 0 saturated carbocycles. The molecule has 0 amide bonds. The first-order chi connectivity index (χ1) is 42.0. The third-order valence-corrected chi connectivity index (χ3v) is 10.4. The van der Waals surface area contributed by atoms with Gasteiger partial charge in [0.05, 0.1) is 77.2 Å². The highest BCUT2D eigenvalue weighted by Crippen LogP contribution is 2.09. The van der Waals surface area contributed by atoms with Crippen molar-refractivity contribution in [1.82, 2.24) is 0 Å². The van der Waals surface area contributed by atoms with E-state index in [0.29, 0.717) is 32.2 Å². The Kier molecular flexibility index (Phi) is 107. The van der Waals surface area contributed by atoms with Crippen LogP contribution in [0.15, 0.2) is 91.0 Å². The van der Waals surface area contributed by atoms with Gasteiger partial charge in [-0.05, 0) is 82.4 Å². The third kappa shape index (κ3) is 113. The topological polar surface area (TPSA) is 575 Å². The molecule has 0 aromatic heterocycles. The van der Waals surface area contributed by atoms with Crippen LogP contribution in [0, 0.1) is 5.92 Å². The first kappa shape index (κ1) is 107. The molecule has 8 atom stereocenters. The molecule has 536 valence electrons. The molecule has 0 heterocycles. The van der Waals surface area contributed by atoms with Gasteiger partial charge in [-0.1, -0.05) is 165 Å². The van der Waals surface area contributed by atoms with E-state index in [-0.39, 0.29) is 115 Å². The van der Waals surface area contributed by atoms with Crippen LogP contribution in [0.2, 0.25) is 0 Å². The van der Waals surface area contributed by atoms with Gasteiger partial charge in [0.1, 0.15) is 0 Å². The second-order valence-corrected chi connectivity index (χ2v) is 21.1. The van der Waals surface area contributed by atoms with E-state index in [2.05, 4.69) is 20.8 Å². The Morgan fingerprint density at radius 2 is 0.820 bits per heavy atom. The maximum atomic E-state index is 9.20. The molecular weight excluding hydrogens is 1140 g/mol. The van der Waals surface area contributed by atoms with Crippen LogP contribution in [0.5, 0.6) is 0 Å². The Hall–Kier alpha value is -3.34. The SMILES string of the molecule is CC(C)(N)CO.CC(C)C(N)CO.CC(N)CO.CC(O)CN.CCC(N)CO.CCCC(N)CO.CCCCCCO.CCCCO.NC(CO)Cc1ccccc1.NC(CO)c1ccccc1.NCC(O)CN.NCC(O)c1ccccc1.NCCO. The second kappa shape index (κ2) is 88.9. The van der Waals surface area contributed by atoms with E-state index < -0.39 is 17.7 Å². The minimum atomic E-state index is -0.513. The van der Waals surface area contributed by atoms with Gasteiger partial charge in [0, 0.05) is 81.7 Å². The van der Waals surface area contributed by atoms with Crippen molar-refractivity contribution in [1.29, 1.82) is 0 Å². The zero-order chi connectivity index (χ0) is 71.3. The summed E-state index contributed by atoms with van der Waals surface area (Å²) in [5.74, 6) is 0.394. The number of nitrogens with two attached hydrogens (primary N) is 12. The molecule has 0 radical (unpaired) electrons. The standard InChI is InChI=1S/C9H13NO.2C8H11NO.C6H14O.2C5H13NO.2C4H11NO.C4H10O.C3H10N2O.2C3H9NO.C2H7NO/c10-9(7-11)6-8-4-2-1-3-5-8;9-8(6-10)7-4-2-1-3-5-7;9-6-8(10)7-4-2-1-3-5-7;1-2-3-4-5-6-7;1-4(2)5(6)3-7;1-2-3-5(6)4-7;1-4(2,5)3-6;1-2-4(5)3-6;1-2-3-4-5;4-1-3(6)2-5;1-3(4)2-5;1-3(5)2-4;3-1-2-4/h1-5,9,11H,6-7,10H2;2*1-5,8,10H,6,9H2;7H,2-6H2,1H3;4-5,7H,3,6H2,1-2H3;5,7H,2-4,6H2,1H3;6H,3,5H2,1-2H3;4,6H,2-3,5H2,1H3;5H,2-4H2,1H3;3,6H,1-2,4-5H2;2*3,5H,2,4H2,1H3;4H,1-3H2. The van der Waals surface area contributed by atoms with Crippen molar-refractivity contribution in [3.8, 4) is 0 Å². The van der Waals surface area contributed by atoms with Crippen molar-refractivity contribution < 1.29 is 66.4 Å². The number of unbranched alkanes of at least 4 members (excludes halogenated alkanes) is 4. The van der Waals surface area contributed by atoms with Crippen LogP contribution in [0.1, 0.15) is 156 Å². The molecule has 0 aliphatic rings. The first-order valence-electron chi connectivity index (χ1n) is 31.1. The largest absolute Gasteiger partial charge is 0.396 e. The number of aliphatic hydroxyl groups excluding tert-OH is 13. The Labute approximate surface area is 539 Å². The predicted molar refractivity (Wildman–Crippen MR) is 372 cm³/mol. The molecule has 0 spiro atoms. The lowest BCUT2D eigenvalue weighted by molar-refractivity contribution is 0.186.